The molecule has 0 fully saturated rings. The van der Waals surface area contributed by atoms with Crippen LogP contribution in [0.4, 0.5) is 0 Å². The van der Waals surface area contributed by atoms with Crippen molar-refractivity contribution in [3.63, 3.8) is 0 Å². The lowest BCUT2D eigenvalue weighted by Crippen LogP contribution is -2.13. The summed E-state index contributed by atoms with van der Waals surface area (Å²) >= 11 is 0. The van der Waals surface area contributed by atoms with Gasteiger partial charge in [-0.2, -0.15) is 0 Å². The summed E-state index contributed by atoms with van der Waals surface area (Å²) in [5.74, 6) is 1.67. The van der Waals surface area contributed by atoms with E-state index in [1.165, 1.54) is 32.4 Å². The molecular weight excluding hydrogens is 406 g/mol. The number of hydrogen-bond acceptors (Lipinski definition) is 6. The first-order valence-corrected chi connectivity index (χ1v) is 10.5. The SMILES string of the molecule is COc1cc2c3ccc(OC)c(OC)c3n(S(=O)(=O)c3ccccc3)c2cc1OC. The van der Waals surface area contributed by atoms with Gasteiger partial charge in [0.25, 0.3) is 10.0 Å². The number of methoxy groups -OCH3 is 4. The van der Waals surface area contributed by atoms with E-state index in [0.29, 0.717) is 44.8 Å². The van der Waals surface area contributed by atoms with E-state index in [1.54, 1.807) is 48.5 Å². The molecular formula is C22H21NO6S. The van der Waals surface area contributed by atoms with Crippen LogP contribution in [0.2, 0.25) is 0 Å². The van der Waals surface area contributed by atoms with Crippen molar-refractivity contribution in [3.8, 4) is 23.0 Å². The maximum atomic E-state index is 13.7. The molecule has 1 heterocycles. The first-order chi connectivity index (χ1) is 14.5. The Morgan fingerprint density at radius 3 is 1.93 bits per heavy atom. The molecule has 156 valence electrons. The van der Waals surface area contributed by atoms with Crippen molar-refractivity contribution in [1.82, 2.24) is 3.97 Å². The highest BCUT2D eigenvalue weighted by atomic mass is 32.2. The van der Waals surface area contributed by atoms with Gasteiger partial charge in [0.1, 0.15) is 5.52 Å². The molecule has 3 aromatic carbocycles. The molecule has 0 spiro atoms. The summed E-state index contributed by atoms with van der Waals surface area (Å²) < 4.78 is 50.6. The minimum Gasteiger partial charge on any atom is -0.493 e. The smallest absolute Gasteiger partial charge is 0.268 e. The molecule has 0 aliphatic rings. The van der Waals surface area contributed by atoms with Crippen LogP contribution in [-0.2, 0) is 10.0 Å². The molecule has 8 heteroatoms. The van der Waals surface area contributed by atoms with Gasteiger partial charge in [0.2, 0.25) is 0 Å². The third kappa shape index (κ3) is 2.83. The van der Waals surface area contributed by atoms with E-state index in [2.05, 4.69) is 0 Å². The molecule has 0 saturated carbocycles. The summed E-state index contributed by atoms with van der Waals surface area (Å²) in [4.78, 5) is 0.156. The zero-order valence-electron chi connectivity index (χ0n) is 17.0. The van der Waals surface area contributed by atoms with E-state index in [-0.39, 0.29) is 4.90 Å². The fraction of sp³-hybridized carbons (Fsp3) is 0.182. The first-order valence-electron chi connectivity index (χ1n) is 9.09. The van der Waals surface area contributed by atoms with Crippen LogP contribution >= 0.6 is 0 Å². The van der Waals surface area contributed by atoms with Crippen LogP contribution in [0.3, 0.4) is 0 Å². The van der Waals surface area contributed by atoms with Crippen LogP contribution in [0.25, 0.3) is 21.8 Å². The first kappa shape index (κ1) is 19.9. The molecule has 0 aliphatic heterocycles. The molecule has 7 nitrogen and oxygen atoms in total. The van der Waals surface area contributed by atoms with Gasteiger partial charge in [-0.15, -0.1) is 0 Å². The third-order valence-electron chi connectivity index (χ3n) is 5.01. The molecule has 1 aromatic heterocycles. The summed E-state index contributed by atoms with van der Waals surface area (Å²) in [6, 6.07) is 15.2. The second-order valence-corrected chi connectivity index (χ2v) is 8.29. The van der Waals surface area contributed by atoms with Crippen LogP contribution < -0.4 is 18.9 Å². The summed E-state index contributed by atoms with van der Waals surface area (Å²) in [6.07, 6.45) is 0. The number of nitrogens with zero attached hydrogens (tertiary/aromatic N) is 1. The van der Waals surface area contributed by atoms with Crippen molar-refractivity contribution in [2.75, 3.05) is 28.4 Å². The number of fused-ring (bicyclic) bond motifs is 3. The van der Waals surface area contributed by atoms with Gasteiger partial charge in [0.15, 0.2) is 23.0 Å². The average Bonchev–Trinajstić information content (AvgIpc) is 3.11. The topological polar surface area (TPSA) is 76.0 Å². The Balaban J connectivity index is 2.25. The van der Waals surface area contributed by atoms with E-state index >= 15 is 0 Å². The highest BCUT2D eigenvalue weighted by Crippen LogP contribution is 2.45. The van der Waals surface area contributed by atoms with Crippen molar-refractivity contribution < 1.29 is 27.4 Å². The fourth-order valence-corrected chi connectivity index (χ4v) is 5.19. The minimum absolute atomic E-state index is 0.156. The highest BCUT2D eigenvalue weighted by Gasteiger charge is 2.28. The van der Waals surface area contributed by atoms with Crippen molar-refractivity contribution in [2.24, 2.45) is 0 Å². The van der Waals surface area contributed by atoms with Gasteiger partial charge in [-0.25, -0.2) is 12.4 Å². The maximum absolute atomic E-state index is 13.7. The number of hydrogen-bond donors (Lipinski definition) is 0. The van der Waals surface area contributed by atoms with Gasteiger partial charge in [-0.3, -0.25) is 0 Å². The largest absolute Gasteiger partial charge is 0.493 e. The Morgan fingerprint density at radius 1 is 0.700 bits per heavy atom. The Morgan fingerprint density at radius 2 is 1.33 bits per heavy atom. The zero-order chi connectivity index (χ0) is 21.5. The van der Waals surface area contributed by atoms with Crippen LogP contribution in [0, 0.1) is 0 Å². The number of aromatic nitrogens is 1. The standard InChI is InChI=1S/C22H21NO6S/c1-26-18-11-10-15-16-12-19(27-2)20(28-3)13-17(16)23(21(15)22(18)29-4)30(24,25)14-8-6-5-7-9-14/h5-13H,1-4H3. The molecule has 0 aliphatic carbocycles. The van der Waals surface area contributed by atoms with E-state index in [1.807, 2.05) is 6.07 Å². The van der Waals surface area contributed by atoms with Gasteiger partial charge in [0, 0.05) is 16.8 Å². The Bertz CT molecular complexity index is 1340. The van der Waals surface area contributed by atoms with E-state index in [9.17, 15) is 8.42 Å². The molecule has 0 atom stereocenters. The fourth-order valence-electron chi connectivity index (χ4n) is 3.65. The van der Waals surface area contributed by atoms with Crippen molar-refractivity contribution in [3.05, 3.63) is 54.6 Å². The molecule has 0 N–H and O–H groups in total. The van der Waals surface area contributed by atoms with Crippen LogP contribution in [-0.4, -0.2) is 40.8 Å². The lowest BCUT2D eigenvalue weighted by Gasteiger charge is -2.14. The molecule has 0 amide bonds. The van der Waals surface area contributed by atoms with Crippen LogP contribution in [0.5, 0.6) is 23.0 Å². The van der Waals surface area contributed by atoms with E-state index in [4.69, 9.17) is 18.9 Å². The van der Waals surface area contributed by atoms with Crippen molar-refractivity contribution in [1.29, 1.82) is 0 Å². The molecule has 0 unspecified atom stereocenters. The molecule has 30 heavy (non-hydrogen) atoms. The monoisotopic (exact) mass is 427 g/mol. The second kappa shape index (κ2) is 7.46. The lowest BCUT2D eigenvalue weighted by molar-refractivity contribution is 0.356. The van der Waals surface area contributed by atoms with Gasteiger partial charge >= 0.3 is 0 Å². The van der Waals surface area contributed by atoms with Gasteiger partial charge in [0.05, 0.1) is 38.9 Å². The number of rotatable bonds is 6. The zero-order valence-corrected chi connectivity index (χ0v) is 17.8. The normalized spacial score (nSPS) is 11.6. The predicted octanol–water partition coefficient (Wildman–Crippen LogP) is 4.07. The van der Waals surface area contributed by atoms with Crippen LogP contribution in [0.15, 0.2) is 59.5 Å². The summed E-state index contributed by atoms with van der Waals surface area (Å²) in [5.41, 5.74) is 0.823. The quantitative estimate of drug-likeness (QED) is 0.462. The molecule has 0 radical (unpaired) electrons. The van der Waals surface area contributed by atoms with Gasteiger partial charge in [-0.1, -0.05) is 18.2 Å². The van der Waals surface area contributed by atoms with E-state index < -0.39 is 10.0 Å². The molecule has 4 aromatic rings. The summed E-state index contributed by atoms with van der Waals surface area (Å²) in [6.45, 7) is 0. The van der Waals surface area contributed by atoms with Crippen molar-refractivity contribution in [2.45, 2.75) is 4.90 Å². The van der Waals surface area contributed by atoms with Crippen molar-refractivity contribution >= 4 is 31.8 Å². The van der Waals surface area contributed by atoms with E-state index in [0.717, 1.165) is 0 Å². The Kier molecular flexibility index (Phi) is 4.95. The minimum atomic E-state index is -3.97. The lowest BCUT2D eigenvalue weighted by atomic mass is 10.1. The van der Waals surface area contributed by atoms with Gasteiger partial charge in [-0.05, 0) is 30.3 Å². The molecule has 4 rings (SSSR count). The average molecular weight is 427 g/mol. The number of benzene rings is 3. The highest BCUT2D eigenvalue weighted by molar-refractivity contribution is 7.90. The summed E-state index contributed by atoms with van der Waals surface area (Å²) in [7, 11) is 2.06. The number of ether oxygens (including phenoxy) is 4. The Labute approximate surface area is 174 Å². The van der Waals surface area contributed by atoms with Crippen LogP contribution in [0.1, 0.15) is 0 Å². The molecule has 0 bridgehead atoms. The predicted molar refractivity (Wildman–Crippen MR) is 115 cm³/mol. The summed E-state index contributed by atoms with van der Waals surface area (Å²) in [5, 5.41) is 1.37. The Hall–Kier alpha value is -3.39. The third-order valence-corrected chi connectivity index (χ3v) is 6.74. The van der Waals surface area contributed by atoms with Gasteiger partial charge < -0.3 is 18.9 Å². The maximum Gasteiger partial charge on any atom is 0.268 e. The molecule has 0 saturated heterocycles. The second-order valence-electron chi connectivity index (χ2n) is 6.50.